The maximum atomic E-state index is 12.0. The van der Waals surface area contributed by atoms with Crippen LogP contribution in [0.3, 0.4) is 0 Å². The molecular weight excluding hydrogens is 358 g/mol. The molecule has 150 valence electrons. The number of methoxy groups -OCH3 is 2. The topological polar surface area (TPSA) is 88.7 Å². The van der Waals surface area contributed by atoms with Crippen LogP contribution in [-0.2, 0) is 16.0 Å². The molecule has 0 fully saturated rings. The van der Waals surface area contributed by atoms with Gasteiger partial charge in [0, 0.05) is 37.8 Å². The van der Waals surface area contributed by atoms with Crippen molar-refractivity contribution in [3.8, 4) is 11.5 Å². The number of amides is 2. The van der Waals surface area contributed by atoms with Crippen LogP contribution in [0.1, 0.15) is 18.9 Å². The fourth-order valence-electron chi connectivity index (χ4n) is 2.70. The maximum Gasteiger partial charge on any atom is 0.221 e. The van der Waals surface area contributed by atoms with E-state index in [9.17, 15) is 9.59 Å². The van der Waals surface area contributed by atoms with Crippen LogP contribution in [-0.4, -0.2) is 39.1 Å². The Morgan fingerprint density at radius 2 is 1.68 bits per heavy atom. The molecule has 28 heavy (non-hydrogen) atoms. The van der Waals surface area contributed by atoms with Crippen LogP contribution in [0, 0.1) is 0 Å². The van der Waals surface area contributed by atoms with Gasteiger partial charge in [-0.05, 0) is 42.3 Å². The van der Waals surface area contributed by atoms with Crippen molar-refractivity contribution in [3.63, 3.8) is 0 Å². The number of ether oxygens (including phenoxy) is 2. The predicted octanol–water partition coefficient (Wildman–Crippen LogP) is 2.82. The Morgan fingerprint density at radius 3 is 2.39 bits per heavy atom. The van der Waals surface area contributed by atoms with E-state index in [0.29, 0.717) is 37.4 Å². The first-order valence-electron chi connectivity index (χ1n) is 9.11. The lowest BCUT2D eigenvalue weighted by molar-refractivity contribution is -0.120. The number of nitrogens with one attached hydrogen (secondary N) is 3. The molecule has 7 nitrogen and oxygen atoms in total. The number of benzene rings is 2. The molecule has 0 heterocycles. The lowest BCUT2D eigenvalue weighted by atomic mass is 10.1. The quantitative estimate of drug-likeness (QED) is 0.585. The van der Waals surface area contributed by atoms with E-state index < -0.39 is 0 Å². The summed E-state index contributed by atoms with van der Waals surface area (Å²) in [5.41, 5.74) is 2.63. The van der Waals surface area contributed by atoms with Crippen LogP contribution in [0.15, 0.2) is 42.5 Å². The maximum absolute atomic E-state index is 12.0. The highest BCUT2D eigenvalue weighted by atomic mass is 16.5. The molecule has 0 aliphatic rings. The molecule has 7 heteroatoms. The molecular formula is C21H27N3O4. The van der Waals surface area contributed by atoms with Crippen LogP contribution >= 0.6 is 0 Å². The van der Waals surface area contributed by atoms with E-state index in [4.69, 9.17) is 9.47 Å². The first-order chi connectivity index (χ1) is 13.5. The van der Waals surface area contributed by atoms with E-state index in [1.54, 1.807) is 14.2 Å². The summed E-state index contributed by atoms with van der Waals surface area (Å²) in [6.07, 6.45) is 1.06. The summed E-state index contributed by atoms with van der Waals surface area (Å²) in [6.45, 7) is 2.52. The van der Waals surface area contributed by atoms with Gasteiger partial charge in [-0.25, -0.2) is 0 Å². The molecule has 0 saturated heterocycles. The number of hydrogen-bond acceptors (Lipinski definition) is 5. The Bertz CT molecular complexity index is 808. The largest absolute Gasteiger partial charge is 0.493 e. The average molecular weight is 385 g/mol. The van der Waals surface area contributed by atoms with Gasteiger partial charge in [0.15, 0.2) is 11.5 Å². The van der Waals surface area contributed by atoms with Crippen molar-refractivity contribution in [2.45, 2.75) is 19.8 Å². The summed E-state index contributed by atoms with van der Waals surface area (Å²) in [5, 5.41) is 8.82. The van der Waals surface area contributed by atoms with Crippen LogP contribution in [0.4, 0.5) is 11.4 Å². The molecule has 2 aromatic carbocycles. The molecule has 0 atom stereocenters. The molecule has 2 rings (SSSR count). The zero-order chi connectivity index (χ0) is 20.4. The number of carbonyl (C=O) groups excluding carboxylic acids is 2. The number of anilines is 2. The number of hydrogen-bond donors (Lipinski definition) is 3. The van der Waals surface area contributed by atoms with Crippen molar-refractivity contribution in [1.82, 2.24) is 5.32 Å². The van der Waals surface area contributed by atoms with Gasteiger partial charge in [-0.1, -0.05) is 12.1 Å². The zero-order valence-electron chi connectivity index (χ0n) is 16.5. The lowest BCUT2D eigenvalue weighted by Gasteiger charge is -2.11. The Balaban J connectivity index is 1.71. The number of rotatable bonds is 10. The van der Waals surface area contributed by atoms with Crippen LogP contribution in [0.25, 0.3) is 0 Å². The van der Waals surface area contributed by atoms with Crippen molar-refractivity contribution in [2.24, 2.45) is 0 Å². The summed E-state index contributed by atoms with van der Waals surface area (Å²) < 4.78 is 10.5. The standard InChI is InChI=1S/C21H27N3O4/c1-15(25)24-18-6-4-5-17(14-18)22-12-10-21(26)23-11-9-16-7-8-19(27-2)20(13-16)28-3/h4-8,13-14,22H,9-12H2,1-3H3,(H,23,26)(H,24,25). The van der Waals surface area contributed by atoms with Gasteiger partial charge >= 0.3 is 0 Å². The molecule has 0 bridgehead atoms. The molecule has 0 aliphatic carbocycles. The highest BCUT2D eigenvalue weighted by Gasteiger charge is 2.06. The third-order valence-corrected chi connectivity index (χ3v) is 4.05. The summed E-state index contributed by atoms with van der Waals surface area (Å²) >= 11 is 0. The third kappa shape index (κ3) is 6.83. The van der Waals surface area contributed by atoms with E-state index in [-0.39, 0.29) is 11.8 Å². The van der Waals surface area contributed by atoms with Gasteiger partial charge in [0.2, 0.25) is 11.8 Å². The second-order valence-electron chi connectivity index (χ2n) is 6.23. The monoisotopic (exact) mass is 385 g/mol. The van der Waals surface area contributed by atoms with E-state index >= 15 is 0 Å². The van der Waals surface area contributed by atoms with E-state index in [1.807, 2.05) is 42.5 Å². The molecule has 0 saturated carbocycles. The fourth-order valence-corrected chi connectivity index (χ4v) is 2.70. The second kappa shape index (κ2) is 10.8. The normalized spacial score (nSPS) is 10.1. The Morgan fingerprint density at radius 1 is 0.929 bits per heavy atom. The number of carbonyl (C=O) groups is 2. The van der Waals surface area contributed by atoms with E-state index in [2.05, 4.69) is 16.0 Å². The van der Waals surface area contributed by atoms with Crippen molar-refractivity contribution in [3.05, 3.63) is 48.0 Å². The molecule has 2 amide bonds. The molecule has 0 radical (unpaired) electrons. The SMILES string of the molecule is COc1ccc(CCNC(=O)CCNc2cccc(NC(C)=O)c2)cc1OC. The third-order valence-electron chi connectivity index (χ3n) is 4.05. The fraction of sp³-hybridized carbons (Fsp3) is 0.333. The van der Waals surface area contributed by atoms with Gasteiger partial charge < -0.3 is 25.4 Å². The molecule has 0 unspecified atom stereocenters. The molecule has 0 aromatic heterocycles. The molecule has 3 N–H and O–H groups in total. The van der Waals surface area contributed by atoms with Crippen molar-refractivity contribution in [2.75, 3.05) is 37.9 Å². The summed E-state index contributed by atoms with van der Waals surface area (Å²) in [4.78, 5) is 23.1. The highest BCUT2D eigenvalue weighted by molar-refractivity contribution is 5.89. The minimum absolute atomic E-state index is 0.0222. The van der Waals surface area contributed by atoms with Gasteiger partial charge in [-0.15, -0.1) is 0 Å². The van der Waals surface area contributed by atoms with Crippen LogP contribution in [0.2, 0.25) is 0 Å². The van der Waals surface area contributed by atoms with Crippen molar-refractivity contribution < 1.29 is 19.1 Å². The lowest BCUT2D eigenvalue weighted by Crippen LogP contribution is -2.27. The first kappa shape index (κ1) is 21.1. The van der Waals surface area contributed by atoms with Crippen molar-refractivity contribution in [1.29, 1.82) is 0 Å². The first-order valence-corrected chi connectivity index (χ1v) is 9.11. The smallest absolute Gasteiger partial charge is 0.221 e. The minimum Gasteiger partial charge on any atom is -0.493 e. The van der Waals surface area contributed by atoms with Gasteiger partial charge in [-0.3, -0.25) is 9.59 Å². The Labute approximate surface area is 165 Å². The summed E-state index contributed by atoms with van der Waals surface area (Å²) in [7, 11) is 3.20. The molecule has 2 aromatic rings. The van der Waals surface area contributed by atoms with E-state index in [0.717, 1.165) is 16.9 Å². The minimum atomic E-state index is -0.119. The Hall–Kier alpha value is -3.22. The summed E-state index contributed by atoms with van der Waals surface area (Å²) in [5.74, 6) is 1.22. The van der Waals surface area contributed by atoms with Crippen LogP contribution < -0.4 is 25.4 Å². The Kier molecular flexibility index (Phi) is 8.14. The second-order valence-corrected chi connectivity index (χ2v) is 6.23. The predicted molar refractivity (Wildman–Crippen MR) is 110 cm³/mol. The van der Waals surface area contributed by atoms with Gasteiger partial charge in [0.1, 0.15) is 0 Å². The average Bonchev–Trinajstić information content (AvgIpc) is 2.67. The van der Waals surface area contributed by atoms with Gasteiger partial charge in [0.25, 0.3) is 0 Å². The highest BCUT2D eigenvalue weighted by Crippen LogP contribution is 2.27. The van der Waals surface area contributed by atoms with Crippen LogP contribution in [0.5, 0.6) is 11.5 Å². The molecule has 0 spiro atoms. The van der Waals surface area contributed by atoms with Gasteiger partial charge in [0.05, 0.1) is 14.2 Å². The van der Waals surface area contributed by atoms with Gasteiger partial charge in [-0.2, -0.15) is 0 Å². The zero-order valence-corrected chi connectivity index (χ0v) is 16.5. The van der Waals surface area contributed by atoms with Crippen molar-refractivity contribution >= 4 is 23.2 Å². The van der Waals surface area contributed by atoms with E-state index in [1.165, 1.54) is 6.92 Å². The summed E-state index contributed by atoms with van der Waals surface area (Å²) in [6, 6.07) is 13.1. The molecule has 0 aliphatic heterocycles.